The molecule has 0 amide bonds. The van der Waals surface area contributed by atoms with Crippen LogP contribution in [0.1, 0.15) is 59.3 Å². The fourth-order valence-corrected chi connectivity index (χ4v) is 2.09. The van der Waals surface area contributed by atoms with Crippen LogP contribution >= 0.6 is 0 Å². The molecule has 1 unspecified atom stereocenters. The minimum Gasteiger partial charge on any atom is -0.460 e. The third-order valence-electron chi connectivity index (χ3n) is 3.44. The van der Waals surface area contributed by atoms with Gasteiger partial charge in [-0.05, 0) is 44.3 Å². The molecule has 0 spiro atoms. The van der Waals surface area contributed by atoms with Crippen LogP contribution in [0.25, 0.3) is 0 Å². The Kier molecular flexibility index (Phi) is 6.00. The molecule has 1 atom stereocenters. The fourth-order valence-electron chi connectivity index (χ4n) is 2.09. The first-order chi connectivity index (χ1) is 9.65. The summed E-state index contributed by atoms with van der Waals surface area (Å²) >= 11 is 0. The highest BCUT2D eigenvalue weighted by Crippen LogP contribution is 2.29. The molecule has 1 heterocycles. The van der Waals surface area contributed by atoms with Gasteiger partial charge in [0.05, 0.1) is 5.41 Å². The number of hydrogen-bond donors (Lipinski definition) is 0. The van der Waals surface area contributed by atoms with Crippen LogP contribution in [0.15, 0.2) is 24.5 Å². The number of rotatable bonds is 6. The molecule has 0 aliphatic carbocycles. The maximum Gasteiger partial charge on any atom is 0.311 e. The van der Waals surface area contributed by atoms with Crippen molar-refractivity contribution in [3.8, 4) is 0 Å². The monoisotopic (exact) mass is 288 g/mol. The molecule has 4 heteroatoms. The zero-order chi connectivity index (χ0) is 16.1. The molecule has 1 aromatic heterocycles. The lowest BCUT2D eigenvalue weighted by Crippen LogP contribution is -2.35. The number of ether oxygens (including phenoxy) is 1. The Balaban J connectivity index is 2.65. The molecule has 21 heavy (non-hydrogen) atoms. The van der Waals surface area contributed by atoms with Crippen LogP contribution in [-0.4, -0.2) is 23.8 Å². The van der Waals surface area contributed by atoms with Gasteiger partial charge in [0.1, 0.15) is 12.9 Å². The van der Waals surface area contributed by atoms with Gasteiger partial charge >= 0.3 is 5.97 Å². The molecule has 0 aliphatic rings. The van der Waals surface area contributed by atoms with Gasteiger partial charge in [-0.25, -0.2) is 0 Å². The van der Waals surface area contributed by atoms with Gasteiger partial charge in [-0.15, -0.1) is 0 Å². The average molecular weight is 288 g/mol. The fraction of sp³-hybridized carbons (Fsp3) is 0.647. The van der Waals surface area contributed by atoms with Crippen LogP contribution in [0.2, 0.25) is 6.32 Å². The van der Waals surface area contributed by atoms with E-state index in [9.17, 15) is 4.79 Å². The van der Waals surface area contributed by atoms with E-state index < -0.39 is 11.0 Å². The van der Waals surface area contributed by atoms with Crippen molar-refractivity contribution in [3.63, 3.8) is 0 Å². The van der Waals surface area contributed by atoms with Gasteiger partial charge in [0.15, 0.2) is 0 Å². The molecule has 0 saturated heterocycles. The molecule has 0 N–H and O–H groups in total. The molecular formula is C17H27BNO2. The Morgan fingerprint density at radius 1 is 1.24 bits per heavy atom. The van der Waals surface area contributed by atoms with Crippen LogP contribution in [0.5, 0.6) is 0 Å². The van der Waals surface area contributed by atoms with Crippen molar-refractivity contribution in [1.29, 1.82) is 0 Å². The first kappa shape index (κ1) is 17.7. The summed E-state index contributed by atoms with van der Waals surface area (Å²) in [5, 5.41) is 0. The standard InChI is InChI=1S/C17H27BNO2/c1-7-14(13-8-10-19-11-9-13)18-12-17(5,6)15(20)21-16(2,3)4/h8-11,14H,7,12H2,1-6H3. The van der Waals surface area contributed by atoms with Crippen LogP contribution < -0.4 is 0 Å². The minimum atomic E-state index is -0.506. The molecule has 3 nitrogen and oxygen atoms in total. The number of esters is 1. The number of hydrogen-bond acceptors (Lipinski definition) is 3. The zero-order valence-electron chi connectivity index (χ0n) is 14.1. The second kappa shape index (κ2) is 7.10. The Hall–Kier alpha value is -1.32. The summed E-state index contributed by atoms with van der Waals surface area (Å²) in [6.07, 6.45) is 5.33. The van der Waals surface area contributed by atoms with E-state index >= 15 is 0 Å². The van der Waals surface area contributed by atoms with Gasteiger partial charge in [-0.3, -0.25) is 9.78 Å². The number of aromatic nitrogens is 1. The summed E-state index contributed by atoms with van der Waals surface area (Å²) in [6, 6.07) is 4.07. The Morgan fingerprint density at radius 2 is 1.81 bits per heavy atom. The van der Waals surface area contributed by atoms with Crippen molar-refractivity contribution in [2.45, 2.75) is 65.7 Å². The van der Waals surface area contributed by atoms with E-state index in [1.807, 2.05) is 59.1 Å². The molecule has 0 bridgehead atoms. The van der Waals surface area contributed by atoms with Gasteiger partial charge in [-0.1, -0.05) is 33.5 Å². The first-order valence-electron chi connectivity index (χ1n) is 7.62. The molecule has 0 aromatic carbocycles. The molecule has 1 rings (SSSR count). The van der Waals surface area contributed by atoms with Gasteiger partial charge in [0, 0.05) is 12.4 Å². The van der Waals surface area contributed by atoms with Gasteiger partial charge in [0.2, 0.25) is 0 Å². The van der Waals surface area contributed by atoms with Crippen molar-refractivity contribution in [3.05, 3.63) is 30.1 Å². The smallest absolute Gasteiger partial charge is 0.311 e. The van der Waals surface area contributed by atoms with Crippen LogP contribution in [0.3, 0.4) is 0 Å². The van der Waals surface area contributed by atoms with E-state index in [1.165, 1.54) is 5.56 Å². The van der Waals surface area contributed by atoms with Crippen molar-refractivity contribution in [2.24, 2.45) is 5.41 Å². The highest BCUT2D eigenvalue weighted by atomic mass is 16.6. The molecular weight excluding hydrogens is 261 g/mol. The Bertz CT molecular complexity index is 452. The third-order valence-corrected chi connectivity index (χ3v) is 3.44. The van der Waals surface area contributed by atoms with Crippen molar-refractivity contribution in [2.75, 3.05) is 0 Å². The number of nitrogens with zero attached hydrogens (tertiary/aromatic N) is 1. The molecule has 0 saturated carbocycles. The number of carbonyl (C=O) groups is 1. The maximum atomic E-state index is 12.3. The summed E-state index contributed by atoms with van der Waals surface area (Å²) in [6.45, 7) is 11.7. The first-order valence-corrected chi connectivity index (χ1v) is 7.62. The van der Waals surface area contributed by atoms with Gasteiger partial charge in [0.25, 0.3) is 0 Å². The molecule has 0 aliphatic heterocycles. The van der Waals surface area contributed by atoms with Crippen molar-refractivity contribution < 1.29 is 9.53 Å². The zero-order valence-corrected chi connectivity index (χ0v) is 14.1. The number of pyridine rings is 1. The average Bonchev–Trinajstić information content (AvgIpc) is 2.38. The van der Waals surface area contributed by atoms with E-state index in [0.29, 0.717) is 12.1 Å². The van der Waals surface area contributed by atoms with Crippen molar-refractivity contribution >= 4 is 13.2 Å². The summed E-state index contributed by atoms with van der Waals surface area (Å²) in [7, 11) is 2.22. The van der Waals surface area contributed by atoms with E-state index in [-0.39, 0.29) is 5.97 Å². The molecule has 1 radical (unpaired) electrons. The van der Waals surface area contributed by atoms with Crippen LogP contribution in [-0.2, 0) is 9.53 Å². The molecule has 115 valence electrons. The predicted molar refractivity (Wildman–Crippen MR) is 87.5 cm³/mol. The topological polar surface area (TPSA) is 39.2 Å². The summed E-state index contributed by atoms with van der Waals surface area (Å²) in [5.41, 5.74) is 0.296. The summed E-state index contributed by atoms with van der Waals surface area (Å²) in [4.78, 5) is 16.3. The lowest BCUT2D eigenvalue weighted by Gasteiger charge is -2.29. The van der Waals surface area contributed by atoms with Gasteiger partial charge in [-0.2, -0.15) is 0 Å². The van der Waals surface area contributed by atoms with E-state index in [0.717, 1.165) is 6.42 Å². The van der Waals surface area contributed by atoms with Crippen LogP contribution in [0.4, 0.5) is 0 Å². The Morgan fingerprint density at radius 3 is 2.29 bits per heavy atom. The third kappa shape index (κ3) is 5.90. The van der Waals surface area contributed by atoms with E-state index in [1.54, 1.807) is 0 Å². The number of carbonyl (C=O) groups excluding carboxylic acids is 1. The molecule has 1 aromatic rings. The second-order valence-corrected chi connectivity index (χ2v) is 7.12. The summed E-state index contributed by atoms with van der Waals surface area (Å²) in [5.74, 6) is 0.200. The quantitative estimate of drug-likeness (QED) is 0.586. The second-order valence-electron chi connectivity index (χ2n) is 7.12. The van der Waals surface area contributed by atoms with Crippen molar-refractivity contribution in [1.82, 2.24) is 4.98 Å². The van der Waals surface area contributed by atoms with Gasteiger partial charge < -0.3 is 4.74 Å². The Labute approximate surface area is 129 Å². The lowest BCUT2D eigenvalue weighted by atomic mass is 9.53. The minimum absolute atomic E-state index is 0.143. The SMILES string of the molecule is CCC([B]CC(C)(C)C(=O)OC(C)(C)C)c1ccncc1. The van der Waals surface area contributed by atoms with E-state index in [4.69, 9.17) is 4.74 Å². The highest BCUT2D eigenvalue weighted by molar-refractivity contribution is 6.38. The largest absolute Gasteiger partial charge is 0.460 e. The van der Waals surface area contributed by atoms with Crippen LogP contribution in [0, 0.1) is 5.41 Å². The lowest BCUT2D eigenvalue weighted by molar-refractivity contribution is -0.164. The highest BCUT2D eigenvalue weighted by Gasteiger charge is 2.33. The maximum absolute atomic E-state index is 12.3. The normalized spacial score (nSPS) is 13.6. The predicted octanol–water partition coefficient (Wildman–Crippen LogP) is 4.02. The summed E-state index contributed by atoms with van der Waals surface area (Å²) < 4.78 is 5.51. The molecule has 0 fully saturated rings. The van der Waals surface area contributed by atoms with E-state index in [2.05, 4.69) is 19.2 Å².